The third-order valence-corrected chi connectivity index (χ3v) is 4.01. The number of hydrogen-bond donors (Lipinski definition) is 1. The van der Waals surface area contributed by atoms with Crippen molar-refractivity contribution in [1.29, 1.82) is 0 Å². The highest BCUT2D eigenvalue weighted by Gasteiger charge is 2.18. The second kappa shape index (κ2) is 6.46. The molecule has 0 radical (unpaired) electrons. The molecule has 4 heteroatoms. The molecule has 2 atom stereocenters. The molecule has 0 amide bonds. The summed E-state index contributed by atoms with van der Waals surface area (Å²) in [4.78, 5) is 0. The molecule has 2 unspecified atom stereocenters. The van der Waals surface area contributed by atoms with Gasteiger partial charge in [-0.25, -0.2) is 0 Å². The van der Waals surface area contributed by atoms with Crippen LogP contribution in [0, 0.1) is 5.92 Å². The quantitative estimate of drug-likeness (QED) is 0.918. The van der Waals surface area contributed by atoms with Crippen LogP contribution in [-0.2, 0) is 4.74 Å². The van der Waals surface area contributed by atoms with Crippen LogP contribution < -0.4 is 14.8 Å². The Bertz CT molecular complexity index is 443. The Kier molecular flexibility index (Phi) is 4.43. The Hall–Kier alpha value is -1.26. The zero-order chi connectivity index (χ0) is 13.8. The highest BCUT2D eigenvalue weighted by atomic mass is 16.5. The Morgan fingerprint density at radius 1 is 1.20 bits per heavy atom. The molecule has 0 aliphatic carbocycles. The normalized spacial score (nSPS) is 23.4. The van der Waals surface area contributed by atoms with Gasteiger partial charge in [0.2, 0.25) is 0 Å². The molecule has 0 bridgehead atoms. The lowest BCUT2D eigenvalue weighted by Gasteiger charge is -2.18. The molecule has 2 aliphatic rings. The van der Waals surface area contributed by atoms with Crippen molar-refractivity contribution in [3.63, 3.8) is 0 Å². The molecule has 2 aliphatic heterocycles. The summed E-state index contributed by atoms with van der Waals surface area (Å²) in [6.45, 7) is 6.47. The van der Waals surface area contributed by atoms with Gasteiger partial charge in [0.25, 0.3) is 0 Å². The lowest BCUT2D eigenvalue weighted by molar-refractivity contribution is 0.184. The van der Waals surface area contributed by atoms with Crippen molar-refractivity contribution in [3.8, 4) is 11.5 Å². The summed E-state index contributed by atoms with van der Waals surface area (Å²) in [5, 5.41) is 3.59. The third-order valence-electron chi connectivity index (χ3n) is 4.01. The summed E-state index contributed by atoms with van der Waals surface area (Å²) in [6.07, 6.45) is 2.11. The molecule has 1 aromatic rings. The molecule has 3 rings (SSSR count). The Balaban J connectivity index is 1.62. The Labute approximate surface area is 120 Å². The average Bonchev–Trinajstić information content (AvgIpc) is 2.88. The van der Waals surface area contributed by atoms with Gasteiger partial charge in [0.05, 0.1) is 19.8 Å². The monoisotopic (exact) mass is 277 g/mol. The molecule has 1 aromatic carbocycles. The number of nitrogens with one attached hydrogen (secondary N) is 1. The van der Waals surface area contributed by atoms with E-state index in [0.717, 1.165) is 50.9 Å². The van der Waals surface area contributed by atoms with Crippen LogP contribution in [0.5, 0.6) is 11.5 Å². The van der Waals surface area contributed by atoms with Crippen molar-refractivity contribution < 1.29 is 14.2 Å². The second-order valence-corrected chi connectivity index (χ2v) is 5.62. The van der Waals surface area contributed by atoms with E-state index >= 15 is 0 Å². The first kappa shape index (κ1) is 13.7. The van der Waals surface area contributed by atoms with Crippen LogP contribution >= 0.6 is 0 Å². The Morgan fingerprint density at radius 2 is 2.05 bits per heavy atom. The molecule has 0 spiro atoms. The lowest BCUT2D eigenvalue weighted by Crippen LogP contribution is -2.26. The van der Waals surface area contributed by atoms with Crippen LogP contribution in [0.2, 0.25) is 0 Å². The predicted octanol–water partition coefficient (Wildman–Crippen LogP) is 2.54. The van der Waals surface area contributed by atoms with E-state index in [4.69, 9.17) is 14.2 Å². The molecule has 0 saturated carbocycles. The molecule has 1 saturated heterocycles. The maximum Gasteiger partial charge on any atom is 0.161 e. The number of benzene rings is 1. The summed E-state index contributed by atoms with van der Waals surface area (Å²) in [5.74, 6) is 2.39. The van der Waals surface area contributed by atoms with Crippen LogP contribution in [0.1, 0.15) is 31.4 Å². The van der Waals surface area contributed by atoms with Gasteiger partial charge in [0.1, 0.15) is 0 Å². The van der Waals surface area contributed by atoms with Crippen LogP contribution in [0.15, 0.2) is 18.2 Å². The topological polar surface area (TPSA) is 39.7 Å². The van der Waals surface area contributed by atoms with Gasteiger partial charge in [-0.2, -0.15) is 0 Å². The van der Waals surface area contributed by atoms with Crippen molar-refractivity contribution in [1.82, 2.24) is 5.32 Å². The first-order valence-corrected chi connectivity index (χ1v) is 7.53. The van der Waals surface area contributed by atoms with E-state index in [0.29, 0.717) is 12.0 Å². The molecule has 4 nitrogen and oxygen atoms in total. The molecule has 110 valence electrons. The average molecular weight is 277 g/mol. The van der Waals surface area contributed by atoms with Crippen molar-refractivity contribution >= 4 is 0 Å². The number of rotatable bonds is 4. The molecular formula is C16H23NO3. The zero-order valence-electron chi connectivity index (χ0n) is 12.1. The first-order chi connectivity index (χ1) is 9.83. The predicted molar refractivity (Wildman–Crippen MR) is 77.4 cm³/mol. The minimum Gasteiger partial charge on any atom is -0.490 e. The van der Waals surface area contributed by atoms with Gasteiger partial charge in [0.15, 0.2) is 11.5 Å². The first-order valence-electron chi connectivity index (χ1n) is 7.53. The summed E-state index contributed by atoms with van der Waals surface area (Å²) < 4.78 is 16.8. The van der Waals surface area contributed by atoms with Gasteiger partial charge in [-0.05, 0) is 37.0 Å². The van der Waals surface area contributed by atoms with Gasteiger partial charge >= 0.3 is 0 Å². The summed E-state index contributed by atoms with van der Waals surface area (Å²) in [7, 11) is 0. The van der Waals surface area contributed by atoms with Crippen molar-refractivity contribution in [2.45, 2.75) is 25.8 Å². The maximum atomic E-state index is 5.74. The van der Waals surface area contributed by atoms with Crippen molar-refractivity contribution in [3.05, 3.63) is 23.8 Å². The van der Waals surface area contributed by atoms with E-state index in [9.17, 15) is 0 Å². The fraction of sp³-hybridized carbons (Fsp3) is 0.625. The fourth-order valence-corrected chi connectivity index (χ4v) is 2.65. The summed E-state index contributed by atoms with van der Waals surface area (Å²) >= 11 is 0. The number of ether oxygens (including phenoxy) is 3. The molecular weight excluding hydrogens is 254 g/mol. The van der Waals surface area contributed by atoms with Gasteiger partial charge in [-0.1, -0.05) is 6.07 Å². The van der Waals surface area contributed by atoms with Crippen LogP contribution in [0.3, 0.4) is 0 Å². The molecule has 1 N–H and O–H groups in total. The van der Waals surface area contributed by atoms with E-state index in [1.165, 1.54) is 12.0 Å². The largest absolute Gasteiger partial charge is 0.490 e. The van der Waals surface area contributed by atoms with Crippen LogP contribution in [0.4, 0.5) is 0 Å². The highest BCUT2D eigenvalue weighted by Crippen LogP contribution is 2.32. The van der Waals surface area contributed by atoms with Gasteiger partial charge in [-0.3, -0.25) is 0 Å². The molecule has 2 heterocycles. The Morgan fingerprint density at radius 3 is 2.85 bits per heavy atom. The smallest absolute Gasteiger partial charge is 0.161 e. The summed E-state index contributed by atoms with van der Waals surface area (Å²) in [6, 6.07) is 6.56. The van der Waals surface area contributed by atoms with E-state index in [1.807, 2.05) is 6.07 Å². The van der Waals surface area contributed by atoms with Gasteiger partial charge in [0, 0.05) is 25.6 Å². The third kappa shape index (κ3) is 3.25. The fourth-order valence-electron chi connectivity index (χ4n) is 2.65. The highest BCUT2D eigenvalue weighted by molar-refractivity contribution is 5.44. The minimum atomic E-state index is 0.313. The minimum absolute atomic E-state index is 0.313. The van der Waals surface area contributed by atoms with Gasteiger partial charge < -0.3 is 19.5 Å². The number of hydrogen-bond acceptors (Lipinski definition) is 4. The lowest BCUT2D eigenvalue weighted by atomic mass is 10.1. The second-order valence-electron chi connectivity index (χ2n) is 5.62. The van der Waals surface area contributed by atoms with E-state index in [-0.39, 0.29) is 0 Å². The van der Waals surface area contributed by atoms with E-state index in [2.05, 4.69) is 24.4 Å². The zero-order valence-corrected chi connectivity index (χ0v) is 12.1. The van der Waals surface area contributed by atoms with E-state index < -0.39 is 0 Å². The summed E-state index contributed by atoms with van der Waals surface area (Å²) in [5.41, 5.74) is 1.24. The SMILES string of the molecule is CC(NCC1CCOC1)c1ccc2c(c1)OCCCO2. The molecule has 1 fully saturated rings. The molecule has 0 aromatic heterocycles. The van der Waals surface area contributed by atoms with Crippen molar-refractivity contribution in [2.24, 2.45) is 5.92 Å². The number of fused-ring (bicyclic) bond motifs is 1. The van der Waals surface area contributed by atoms with Gasteiger partial charge in [-0.15, -0.1) is 0 Å². The van der Waals surface area contributed by atoms with Crippen molar-refractivity contribution in [2.75, 3.05) is 33.0 Å². The molecule has 20 heavy (non-hydrogen) atoms. The standard InChI is InChI=1S/C16H23NO3/c1-12(17-10-13-5-8-18-11-13)14-3-4-15-16(9-14)20-7-2-6-19-15/h3-4,9,12-13,17H,2,5-8,10-11H2,1H3. The maximum absolute atomic E-state index is 5.74. The van der Waals surface area contributed by atoms with E-state index in [1.54, 1.807) is 0 Å². The van der Waals surface area contributed by atoms with Crippen LogP contribution in [0.25, 0.3) is 0 Å². The van der Waals surface area contributed by atoms with Crippen LogP contribution in [-0.4, -0.2) is 33.0 Å².